The quantitative estimate of drug-likeness (QED) is 0.599. The highest BCUT2D eigenvalue weighted by Crippen LogP contribution is 2.32. The molecule has 4 rings (SSSR count). The topological polar surface area (TPSA) is 79.4 Å². The zero-order valence-electron chi connectivity index (χ0n) is 18.0. The normalized spacial score (nSPS) is 17.9. The van der Waals surface area contributed by atoms with Gasteiger partial charge in [-0.15, -0.1) is 0 Å². The molecule has 1 N–H and O–H groups in total. The Morgan fingerprint density at radius 1 is 1.19 bits per heavy atom. The highest BCUT2D eigenvalue weighted by molar-refractivity contribution is 7.89. The third-order valence-corrected chi connectivity index (χ3v) is 8.53. The van der Waals surface area contributed by atoms with Crippen LogP contribution < -0.4 is 5.32 Å². The fraction of sp³-hybridized carbons (Fsp3) is 0.391. The molecule has 1 aromatic heterocycles. The molecule has 1 unspecified atom stereocenters. The smallest absolute Gasteiger partial charge is 0.243 e. The van der Waals surface area contributed by atoms with Gasteiger partial charge in [0.1, 0.15) is 0 Å². The number of benzene rings is 2. The van der Waals surface area contributed by atoms with Crippen molar-refractivity contribution in [1.82, 2.24) is 9.29 Å². The maximum atomic E-state index is 13.0. The van der Waals surface area contributed by atoms with E-state index < -0.39 is 15.9 Å². The zero-order valence-corrected chi connectivity index (χ0v) is 19.6. The first-order chi connectivity index (χ1) is 14.8. The molecule has 2 aromatic carbocycles. The Balaban J connectivity index is 1.50. The molecule has 8 heteroatoms. The van der Waals surface area contributed by atoms with Crippen LogP contribution in [0.4, 0.5) is 5.13 Å². The van der Waals surface area contributed by atoms with Crippen molar-refractivity contribution in [3.63, 3.8) is 0 Å². The molecule has 3 aromatic rings. The molecule has 0 spiro atoms. The van der Waals surface area contributed by atoms with E-state index in [1.807, 2.05) is 19.1 Å². The number of thiazole rings is 1. The van der Waals surface area contributed by atoms with Crippen molar-refractivity contribution < 1.29 is 13.2 Å². The molecule has 1 atom stereocenters. The average molecular weight is 458 g/mol. The number of para-hydroxylation sites is 1. The minimum atomic E-state index is -3.61. The number of nitrogens with zero attached hydrogens (tertiary/aromatic N) is 2. The minimum absolute atomic E-state index is 0.172. The largest absolute Gasteiger partial charge is 0.302 e. The molecule has 0 saturated carbocycles. The van der Waals surface area contributed by atoms with E-state index in [-0.39, 0.29) is 17.3 Å². The van der Waals surface area contributed by atoms with E-state index in [1.54, 1.807) is 24.3 Å². The van der Waals surface area contributed by atoms with Crippen LogP contribution in [0.2, 0.25) is 0 Å². The molecule has 6 nitrogen and oxygen atoms in total. The van der Waals surface area contributed by atoms with Crippen LogP contribution in [0.25, 0.3) is 10.2 Å². The first-order valence-corrected chi connectivity index (χ1v) is 12.8. The Labute approximate surface area is 187 Å². The van der Waals surface area contributed by atoms with Gasteiger partial charge in [0.15, 0.2) is 5.13 Å². The maximum Gasteiger partial charge on any atom is 0.243 e. The number of sulfonamides is 1. The maximum absolute atomic E-state index is 13.0. The van der Waals surface area contributed by atoms with Crippen LogP contribution in [-0.2, 0) is 14.8 Å². The van der Waals surface area contributed by atoms with Gasteiger partial charge < -0.3 is 5.32 Å². The lowest BCUT2D eigenvalue weighted by Crippen LogP contribution is -2.43. The van der Waals surface area contributed by atoms with Crippen LogP contribution in [0.5, 0.6) is 0 Å². The number of aryl methyl sites for hydroxylation is 1. The molecule has 1 amide bonds. The van der Waals surface area contributed by atoms with Crippen LogP contribution in [0.3, 0.4) is 0 Å². The molecule has 164 valence electrons. The van der Waals surface area contributed by atoms with E-state index in [0.29, 0.717) is 30.4 Å². The van der Waals surface area contributed by atoms with Crippen molar-refractivity contribution in [1.29, 1.82) is 0 Å². The molecule has 0 aliphatic carbocycles. The molecule has 1 aliphatic heterocycles. The summed E-state index contributed by atoms with van der Waals surface area (Å²) in [6.07, 6.45) is 1.31. The molecule has 31 heavy (non-hydrogen) atoms. The molecule has 2 heterocycles. The number of carbonyl (C=O) groups is 1. The number of nitrogens with one attached hydrogen (secondary N) is 1. The van der Waals surface area contributed by atoms with Gasteiger partial charge in [0.05, 0.1) is 21.0 Å². The summed E-state index contributed by atoms with van der Waals surface area (Å²) in [5, 5.41) is 3.50. The van der Waals surface area contributed by atoms with Crippen molar-refractivity contribution in [3.8, 4) is 0 Å². The fourth-order valence-electron chi connectivity index (χ4n) is 3.93. The third kappa shape index (κ3) is 4.51. The number of amides is 1. The van der Waals surface area contributed by atoms with Gasteiger partial charge in [0, 0.05) is 13.1 Å². The average Bonchev–Trinajstić information content (AvgIpc) is 3.16. The zero-order chi connectivity index (χ0) is 22.2. The monoisotopic (exact) mass is 457 g/mol. The summed E-state index contributed by atoms with van der Waals surface area (Å²) in [5.74, 6) is -0.229. The summed E-state index contributed by atoms with van der Waals surface area (Å²) < 4.78 is 28.5. The lowest BCUT2D eigenvalue weighted by molar-refractivity contribution is -0.120. The Morgan fingerprint density at radius 3 is 2.65 bits per heavy atom. The first kappa shape index (κ1) is 21.9. The van der Waals surface area contributed by atoms with E-state index in [1.165, 1.54) is 15.6 Å². The molecule has 1 aliphatic rings. The SMILES string of the molecule is Cc1ccc(S(=O)(=O)N2CCCC(C(=O)Nc3nc4c(C(C)C)cccc4s3)C2)cc1. The highest BCUT2D eigenvalue weighted by atomic mass is 32.2. The van der Waals surface area contributed by atoms with Crippen molar-refractivity contribution in [2.45, 2.75) is 44.4 Å². The standard InChI is InChI=1S/C23H27N3O3S2/c1-15(2)19-7-4-8-20-21(19)24-23(30-20)25-22(27)17-6-5-13-26(14-17)31(28,29)18-11-9-16(3)10-12-18/h4,7-12,15,17H,5-6,13-14H2,1-3H3,(H,24,25,27). The van der Waals surface area contributed by atoms with Crippen molar-refractivity contribution >= 4 is 42.6 Å². The molecule has 1 fully saturated rings. The number of hydrogen-bond donors (Lipinski definition) is 1. The van der Waals surface area contributed by atoms with Gasteiger partial charge in [-0.2, -0.15) is 4.31 Å². The van der Waals surface area contributed by atoms with Crippen molar-refractivity contribution in [2.24, 2.45) is 5.92 Å². The summed E-state index contributed by atoms with van der Waals surface area (Å²) in [6, 6.07) is 12.9. The molecule has 0 bridgehead atoms. The van der Waals surface area contributed by atoms with E-state index in [9.17, 15) is 13.2 Å². The fourth-order valence-corrected chi connectivity index (χ4v) is 6.36. The number of fused-ring (bicyclic) bond motifs is 1. The Kier molecular flexibility index (Phi) is 6.14. The van der Waals surface area contributed by atoms with Crippen LogP contribution in [-0.4, -0.2) is 36.7 Å². The second-order valence-corrected chi connectivity index (χ2v) is 11.3. The number of piperidine rings is 1. The lowest BCUT2D eigenvalue weighted by Gasteiger charge is -2.31. The molecule has 1 saturated heterocycles. The van der Waals surface area contributed by atoms with Crippen LogP contribution in [0.15, 0.2) is 47.4 Å². The van der Waals surface area contributed by atoms with Gasteiger partial charge in [-0.1, -0.05) is 55.0 Å². The first-order valence-electron chi connectivity index (χ1n) is 10.5. The number of carbonyl (C=O) groups excluding carboxylic acids is 1. The molecule has 0 radical (unpaired) electrons. The van der Waals surface area contributed by atoms with Gasteiger partial charge in [0.2, 0.25) is 15.9 Å². The predicted molar refractivity (Wildman–Crippen MR) is 125 cm³/mol. The molecular weight excluding hydrogens is 430 g/mol. The van der Waals surface area contributed by atoms with Crippen LogP contribution >= 0.6 is 11.3 Å². The Morgan fingerprint density at radius 2 is 1.94 bits per heavy atom. The second kappa shape index (κ2) is 8.68. The summed E-state index contributed by atoms with van der Waals surface area (Å²) in [6.45, 7) is 6.78. The van der Waals surface area contributed by atoms with Gasteiger partial charge in [-0.05, 0) is 49.4 Å². The minimum Gasteiger partial charge on any atom is -0.302 e. The number of hydrogen-bond acceptors (Lipinski definition) is 5. The van der Waals surface area contributed by atoms with E-state index in [2.05, 4.69) is 30.2 Å². The van der Waals surface area contributed by atoms with E-state index >= 15 is 0 Å². The number of anilines is 1. The molecular formula is C23H27N3O3S2. The Hall–Kier alpha value is -2.29. The van der Waals surface area contributed by atoms with E-state index in [0.717, 1.165) is 21.3 Å². The van der Waals surface area contributed by atoms with Gasteiger partial charge in [-0.3, -0.25) is 4.79 Å². The third-order valence-electron chi connectivity index (χ3n) is 5.72. The van der Waals surface area contributed by atoms with Crippen LogP contribution in [0.1, 0.15) is 43.7 Å². The van der Waals surface area contributed by atoms with Crippen molar-refractivity contribution in [3.05, 3.63) is 53.6 Å². The summed E-state index contributed by atoms with van der Waals surface area (Å²) in [5.41, 5.74) is 3.08. The number of aromatic nitrogens is 1. The van der Waals surface area contributed by atoms with Crippen LogP contribution in [0, 0.1) is 12.8 Å². The second-order valence-electron chi connectivity index (χ2n) is 8.37. The van der Waals surface area contributed by atoms with Crippen molar-refractivity contribution in [2.75, 3.05) is 18.4 Å². The summed E-state index contributed by atoms with van der Waals surface area (Å²) >= 11 is 1.45. The lowest BCUT2D eigenvalue weighted by atomic mass is 9.99. The Bertz CT molecular complexity index is 1200. The van der Waals surface area contributed by atoms with Gasteiger partial charge >= 0.3 is 0 Å². The summed E-state index contributed by atoms with van der Waals surface area (Å²) in [7, 11) is -3.61. The highest BCUT2D eigenvalue weighted by Gasteiger charge is 2.33. The predicted octanol–water partition coefficient (Wildman–Crippen LogP) is 4.77. The van der Waals surface area contributed by atoms with Gasteiger partial charge in [-0.25, -0.2) is 13.4 Å². The number of rotatable bonds is 5. The van der Waals surface area contributed by atoms with E-state index in [4.69, 9.17) is 0 Å². The van der Waals surface area contributed by atoms with Gasteiger partial charge in [0.25, 0.3) is 0 Å². The summed E-state index contributed by atoms with van der Waals surface area (Å²) in [4.78, 5) is 17.9.